The first-order valence-electron chi connectivity index (χ1n) is 6.03. The Balaban J connectivity index is 2.79. The van der Waals surface area contributed by atoms with Crippen molar-refractivity contribution in [1.29, 1.82) is 0 Å². The summed E-state index contributed by atoms with van der Waals surface area (Å²) in [6.45, 7) is 7.17. The maximum Gasteiger partial charge on any atom is 0.573 e. The molecule has 1 unspecified atom stereocenters. The van der Waals surface area contributed by atoms with Crippen LogP contribution in [0.5, 0.6) is 5.75 Å². The van der Waals surface area contributed by atoms with Gasteiger partial charge in [-0.1, -0.05) is 12.1 Å². The molecule has 0 aliphatic heterocycles. The van der Waals surface area contributed by atoms with Crippen molar-refractivity contribution in [2.24, 2.45) is 0 Å². The third-order valence-electron chi connectivity index (χ3n) is 2.43. The molecule has 0 aromatic heterocycles. The Hall–Kier alpha value is -0.920. The topological polar surface area (TPSA) is 44.3 Å². The molecule has 7 heteroatoms. The van der Waals surface area contributed by atoms with Crippen molar-refractivity contribution in [3.8, 4) is 5.75 Å². The summed E-state index contributed by atoms with van der Waals surface area (Å²) in [5, 5.41) is 0. The fraction of sp³-hybridized carbons (Fsp3) is 0.538. The molecule has 0 amide bonds. The van der Waals surface area contributed by atoms with E-state index in [1.807, 2.05) is 20.8 Å². The van der Waals surface area contributed by atoms with Gasteiger partial charge in [0.25, 0.3) is 0 Å². The van der Waals surface area contributed by atoms with Gasteiger partial charge in [-0.2, -0.15) is 0 Å². The molecule has 0 fully saturated rings. The fourth-order valence-electron chi connectivity index (χ4n) is 1.39. The lowest BCUT2D eigenvalue weighted by Crippen LogP contribution is -2.40. The van der Waals surface area contributed by atoms with Crippen LogP contribution >= 0.6 is 0 Å². The Morgan fingerprint density at radius 2 is 1.85 bits per heavy atom. The van der Waals surface area contributed by atoms with E-state index in [2.05, 4.69) is 9.46 Å². The van der Waals surface area contributed by atoms with Gasteiger partial charge in [0.05, 0.1) is 6.04 Å². The molecule has 0 aliphatic carbocycles. The molecule has 0 heterocycles. The van der Waals surface area contributed by atoms with E-state index < -0.39 is 22.5 Å². The number of hydrogen-bond donors (Lipinski definition) is 1. The summed E-state index contributed by atoms with van der Waals surface area (Å²) in [7, 11) is 0. The summed E-state index contributed by atoms with van der Waals surface area (Å²) in [6, 6.07) is 5.27. The van der Waals surface area contributed by atoms with Crippen LogP contribution in [0.15, 0.2) is 24.3 Å². The van der Waals surface area contributed by atoms with Crippen LogP contribution in [-0.2, 0) is 11.4 Å². The fourth-order valence-corrected chi connectivity index (χ4v) is 2.20. The second-order valence-electron chi connectivity index (χ2n) is 5.34. The van der Waals surface area contributed by atoms with Gasteiger partial charge in [-0.3, -0.25) is 0 Å². The highest BCUT2D eigenvalue weighted by Gasteiger charge is 2.32. The minimum absolute atomic E-state index is 0.287. The molecule has 0 saturated carbocycles. The number of hydrogen-bond acceptors (Lipinski definition) is 3. The monoisotopic (exact) mass is 309 g/mol. The van der Waals surface area contributed by atoms with Crippen LogP contribution < -0.4 is 9.46 Å². The van der Waals surface area contributed by atoms with Crippen molar-refractivity contribution in [2.45, 2.75) is 44.8 Å². The number of halogens is 3. The van der Waals surface area contributed by atoms with E-state index in [4.69, 9.17) is 0 Å². The molecule has 1 aromatic carbocycles. The largest absolute Gasteiger partial charge is 0.598 e. The molecule has 0 radical (unpaired) electrons. The Bertz CT molecular complexity index is 446. The zero-order valence-corrected chi connectivity index (χ0v) is 12.6. The van der Waals surface area contributed by atoms with E-state index in [0.29, 0.717) is 5.56 Å². The molecule has 2 atom stereocenters. The summed E-state index contributed by atoms with van der Waals surface area (Å²) < 4.78 is 54.7. The van der Waals surface area contributed by atoms with E-state index >= 15 is 0 Å². The highest BCUT2D eigenvalue weighted by Crippen LogP contribution is 2.26. The van der Waals surface area contributed by atoms with Gasteiger partial charge in [-0.05, 0) is 45.4 Å². The molecule has 0 aliphatic rings. The lowest BCUT2D eigenvalue weighted by atomic mass is 10.1. The number of ether oxygens (including phenoxy) is 1. The molecule has 3 nitrogen and oxygen atoms in total. The van der Waals surface area contributed by atoms with Crippen molar-refractivity contribution in [2.75, 3.05) is 0 Å². The van der Waals surface area contributed by atoms with E-state index in [-0.39, 0.29) is 11.8 Å². The van der Waals surface area contributed by atoms with Crippen molar-refractivity contribution in [3.05, 3.63) is 29.8 Å². The quantitative estimate of drug-likeness (QED) is 0.863. The average Bonchev–Trinajstić information content (AvgIpc) is 2.25. The lowest BCUT2D eigenvalue weighted by molar-refractivity contribution is -0.274. The Morgan fingerprint density at radius 1 is 1.25 bits per heavy atom. The zero-order valence-electron chi connectivity index (χ0n) is 11.7. The first kappa shape index (κ1) is 17.1. The van der Waals surface area contributed by atoms with Gasteiger partial charge < -0.3 is 9.29 Å². The second kappa shape index (κ2) is 6.24. The van der Waals surface area contributed by atoms with E-state index in [1.165, 1.54) is 18.2 Å². The normalized spacial score (nSPS) is 15.8. The second-order valence-corrected chi connectivity index (χ2v) is 7.34. The first-order valence-corrected chi connectivity index (χ1v) is 7.18. The molecule has 1 aromatic rings. The van der Waals surface area contributed by atoms with Crippen molar-refractivity contribution < 1.29 is 22.5 Å². The van der Waals surface area contributed by atoms with Crippen LogP contribution in [0.25, 0.3) is 0 Å². The van der Waals surface area contributed by atoms with Crippen LogP contribution in [-0.4, -0.2) is 15.7 Å². The smallest absolute Gasteiger partial charge is 0.573 e. The lowest BCUT2D eigenvalue weighted by Gasteiger charge is -2.26. The van der Waals surface area contributed by atoms with Crippen LogP contribution in [0.1, 0.15) is 39.3 Å². The number of rotatable bonds is 4. The van der Waals surface area contributed by atoms with Gasteiger partial charge in [0, 0.05) is 11.4 Å². The molecular weight excluding hydrogens is 291 g/mol. The van der Waals surface area contributed by atoms with Crippen molar-refractivity contribution in [3.63, 3.8) is 0 Å². The predicted molar refractivity (Wildman–Crippen MR) is 72.6 cm³/mol. The molecule has 0 bridgehead atoms. The summed E-state index contributed by atoms with van der Waals surface area (Å²) >= 11 is -1.31. The predicted octanol–water partition coefficient (Wildman–Crippen LogP) is 3.70. The number of nitrogens with one attached hydrogen (secondary N) is 1. The third kappa shape index (κ3) is 5.60. The Morgan fingerprint density at radius 3 is 2.35 bits per heavy atom. The summed E-state index contributed by atoms with van der Waals surface area (Å²) in [6.07, 6.45) is -4.72. The first-order chi connectivity index (χ1) is 8.99. The summed E-state index contributed by atoms with van der Waals surface area (Å²) in [4.78, 5) is 0. The van der Waals surface area contributed by atoms with Crippen molar-refractivity contribution in [1.82, 2.24) is 4.72 Å². The number of benzene rings is 1. The minimum atomic E-state index is -4.72. The maximum atomic E-state index is 12.2. The molecule has 0 saturated heterocycles. The van der Waals surface area contributed by atoms with E-state index in [0.717, 1.165) is 0 Å². The minimum Gasteiger partial charge on any atom is -0.598 e. The van der Waals surface area contributed by atoms with Crippen LogP contribution in [0.3, 0.4) is 0 Å². The summed E-state index contributed by atoms with van der Waals surface area (Å²) in [5.74, 6) is -0.287. The SMILES string of the molecule is CC(N[S@+]([O-])C(C)(C)C)c1cccc(OC(F)(F)F)c1. The summed E-state index contributed by atoms with van der Waals surface area (Å²) in [5.41, 5.74) is 0.573. The van der Waals surface area contributed by atoms with Crippen LogP contribution in [0.2, 0.25) is 0 Å². The Kier molecular flexibility index (Phi) is 5.34. The zero-order chi connectivity index (χ0) is 15.6. The third-order valence-corrected chi connectivity index (χ3v) is 4.11. The molecular formula is C13H18F3NO2S. The van der Waals surface area contributed by atoms with Gasteiger partial charge >= 0.3 is 6.36 Å². The number of alkyl halides is 3. The molecule has 1 N–H and O–H groups in total. The molecule has 1 rings (SSSR count). The maximum absolute atomic E-state index is 12.2. The van der Waals surface area contributed by atoms with Gasteiger partial charge in [-0.25, -0.2) is 0 Å². The Labute approximate surface area is 119 Å². The van der Waals surface area contributed by atoms with Gasteiger partial charge in [0.15, 0.2) is 0 Å². The molecule has 114 valence electrons. The van der Waals surface area contributed by atoms with Gasteiger partial charge in [0.1, 0.15) is 10.5 Å². The van der Waals surface area contributed by atoms with E-state index in [9.17, 15) is 17.7 Å². The molecule has 20 heavy (non-hydrogen) atoms. The highest BCUT2D eigenvalue weighted by atomic mass is 32.2. The van der Waals surface area contributed by atoms with Crippen LogP contribution in [0, 0.1) is 0 Å². The standard InChI is InChI=1S/C13H18F3NO2S/c1-9(17-20(18)12(2,3)4)10-6-5-7-11(8-10)19-13(14,15)16/h5-9,17H,1-4H3/t9?,20-/m1/s1. The average molecular weight is 309 g/mol. The van der Waals surface area contributed by atoms with Gasteiger partial charge in [-0.15, -0.1) is 17.9 Å². The van der Waals surface area contributed by atoms with Crippen molar-refractivity contribution >= 4 is 11.4 Å². The van der Waals surface area contributed by atoms with Gasteiger partial charge in [0.2, 0.25) is 0 Å². The van der Waals surface area contributed by atoms with E-state index in [1.54, 1.807) is 13.0 Å². The molecule has 0 spiro atoms. The highest BCUT2D eigenvalue weighted by molar-refractivity contribution is 7.90. The van der Waals surface area contributed by atoms with Crippen LogP contribution in [0.4, 0.5) is 13.2 Å².